The number of aryl methyl sites for hydroxylation is 2. The largest absolute Gasteiger partial charge is 0.368 e. The lowest BCUT2D eigenvalue weighted by molar-refractivity contribution is -0.132. The molecule has 9 heteroatoms. The molecule has 0 spiro atoms. The van der Waals surface area contributed by atoms with Gasteiger partial charge in [-0.15, -0.1) is 5.10 Å². The van der Waals surface area contributed by atoms with Crippen LogP contribution in [-0.2, 0) is 11.3 Å². The lowest BCUT2D eigenvalue weighted by Gasteiger charge is -2.36. The number of Topliss-reactive ketones (excluding diaryl/α,β-unsaturated/α-hetero) is 1. The van der Waals surface area contributed by atoms with Gasteiger partial charge in [0.25, 0.3) is 5.56 Å². The molecule has 3 heterocycles. The molecule has 0 N–H and O–H groups in total. The van der Waals surface area contributed by atoms with Gasteiger partial charge in [-0.05, 0) is 57.2 Å². The zero-order valence-corrected chi connectivity index (χ0v) is 18.5. The van der Waals surface area contributed by atoms with E-state index in [-0.39, 0.29) is 23.8 Å². The SMILES string of the molecule is CC(=O)c1ccc(N2CCN(C(=O)Cn3nc(-n4nc(C)cc4C)ccc3=O)CC2)cc1. The lowest BCUT2D eigenvalue weighted by Crippen LogP contribution is -2.50. The van der Waals surface area contributed by atoms with Crippen LogP contribution in [0.4, 0.5) is 5.69 Å². The summed E-state index contributed by atoms with van der Waals surface area (Å²) in [7, 11) is 0. The van der Waals surface area contributed by atoms with Crippen LogP contribution in [0.25, 0.3) is 5.82 Å². The smallest absolute Gasteiger partial charge is 0.267 e. The molecule has 1 saturated heterocycles. The maximum atomic E-state index is 12.8. The predicted octanol–water partition coefficient (Wildman–Crippen LogP) is 1.60. The van der Waals surface area contributed by atoms with Crippen molar-refractivity contribution in [1.29, 1.82) is 0 Å². The molecular formula is C23H26N6O3. The van der Waals surface area contributed by atoms with Gasteiger partial charge in [-0.1, -0.05) is 0 Å². The van der Waals surface area contributed by atoms with Gasteiger partial charge >= 0.3 is 0 Å². The van der Waals surface area contributed by atoms with Crippen LogP contribution in [0.3, 0.4) is 0 Å². The van der Waals surface area contributed by atoms with Crippen molar-refractivity contribution < 1.29 is 9.59 Å². The van der Waals surface area contributed by atoms with E-state index >= 15 is 0 Å². The van der Waals surface area contributed by atoms with Crippen LogP contribution in [0.1, 0.15) is 28.7 Å². The molecule has 2 aromatic heterocycles. The summed E-state index contributed by atoms with van der Waals surface area (Å²) < 4.78 is 2.85. The predicted molar refractivity (Wildman–Crippen MR) is 120 cm³/mol. The van der Waals surface area contributed by atoms with Gasteiger partial charge in [-0.3, -0.25) is 14.4 Å². The number of carbonyl (C=O) groups is 2. The quantitative estimate of drug-likeness (QED) is 0.567. The highest BCUT2D eigenvalue weighted by Gasteiger charge is 2.22. The van der Waals surface area contributed by atoms with E-state index in [4.69, 9.17) is 0 Å². The highest BCUT2D eigenvalue weighted by atomic mass is 16.2. The molecule has 9 nitrogen and oxygen atoms in total. The van der Waals surface area contributed by atoms with Crippen LogP contribution in [-0.4, -0.2) is 62.3 Å². The second kappa shape index (κ2) is 8.78. The van der Waals surface area contributed by atoms with Gasteiger partial charge in [0, 0.05) is 49.2 Å². The average molecular weight is 435 g/mol. The highest BCUT2D eigenvalue weighted by Crippen LogP contribution is 2.18. The topological polar surface area (TPSA) is 93.3 Å². The number of carbonyl (C=O) groups excluding carboxylic acids is 2. The van der Waals surface area contributed by atoms with Gasteiger partial charge in [0.1, 0.15) is 6.54 Å². The van der Waals surface area contributed by atoms with Gasteiger partial charge in [-0.25, -0.2) is 9.36 Å². The summed E-state index contributed by atoms with van der Waals surface area (Å²) in [5, 5.41) is 8.75. The minimum absolute atomic E-state index is 0.0396. The fourth-order valence-corrected chi connectivity index (χ4v) is 3.87. The van der Waals surface area contributed by atoms with Gasteiger partial charge < -0.3 is 9.80 Å². The van der Waals surface area contributed by atoms with Crippen LogP contribution in [0.2, 0.25) is 0 Å². The number of hydrogen-bond donors (Lipinski definition) is 0. The van der Waals surface area contributed by atoms with Gasteiger partial charge in [0.2, 0.25) is 5.91 Å². The van der Waals surface area contributed by atoms with Crippen molar-refractivity contribution in [3.8, 4) is 5.82 Å². The second-order valence-corrected chi connectivity index (χ2v) is 8.00. The number of piperazine rings is 1. The Balaban J connectivity index is 1.41. The molecule has 0 aliphatic carbocycles. The zero-order chi connectivity index (χ0) is 22.8. The summed E-state index contributed by atoms with van der Waals surface area (Å²) in [6, 6.07) is 12.5. The van der Waals surface area contributed by atoms with Crippen molar-refractivity contribution >= 4 is 17.4 Å². The Labute approximate surface area is 185 Å². The molecule has 32 heavy (non-hydrogen) atoms. The van der Waals surface area contributed by atoms with E-state index in [0.717, 1.165) is 17.1 Å². The highest BCUT2D eigenvalue weighted by molar-refractivity contribution is 5.94. The summed E-state index contributed by atoms with van der Waals surface area (Å²) in [4.78, 5) is 40.5. The lowest BCUT2D eigenvalue weighted by atomic mass is 10.1. The van der Waals surface area contributed by atoms with Crippen LogP contribution >= 0.6 is 0 Å². The Bertz CT molecular complexity index is 1200. The summed E-state index contributed by atoms with van der Waals surface area (Å²) >= 11 is 0. The Morgan fingerprint density at radius 3 is 2.22 bits per heavy atom. The Morgan fingerprint density at radius 2 is 1.62 bits per heavy atom. The molecule has 3 aromatic rings. The fraction of sp³-hybridized carbons (Fsp3) is 0.348. The number of hydrogen-bond acceptors (Lipinski definition) is 6. The van der Waals surface area contributed by atoms with Crippen LogP contribution in [0, 0.1) is 13.8 Å². The zero-order valence-electron chi connectivity index (χ0n) is 18.5. The van der Waals surface area contributed by atoms with E-state index in [0.29, 0.717) is 37.6 Å². The van der Waals surface area contributed by atoms with Gasteiger partial charge in [0.05, 0.1) is 5.69 Å². The standard InChI is InChI=1S/C23H26N6O3/c1-16-14-17(2)29(24-16)21-8-9-22(31)28(25-21)15-23(32)27-12-10-26(11-13-27)20-6-4-19(5-7-20)18(3)30/h4-9,14H,10-13,15H2,1-3H3. The maximum absolute atomic E-state index is 12.8. The number of rotatable bonds is 5. The molecule has 4 rings (SSSR count). The number of nitrogens with zero attached hydrogens (tertiary/aromatic N) is 6. The van der Waals surface area contributed by atoms with Crippen molar-refractivity contribution in [1.82, 2.24) is 24.5 Å². The van der Waals surface area contributed by atoms with Crippen LogP contribution < -0.4 is 10.5 Å². The van der Waals surface area contributed by atoms with E-state index < -0.39 is 0 Å². The van der Waals surface area contributed by atoms with E-state index in [1.807, 2.05) is 44.2 Å². The van der Waals surface area contributed by atoms with Crippen LogP contribution in [0.15, 0.2) is 47.3 Å². The number of aromatic nitrogens is 4. The second-order valence-electron chi connectivity index (χ2n) is 8.00. The van der Waals surface area contributed by atoms with Crippen molar-refractivity contribution in [2.24, 2.45) is 0 Å². The summed E-state index contributed by atoms with van der Waals surface area (Å²) in [6.07, 6.45) is 0. The molecule has 1 aliphatic heterocycles. The first-order valence-corrected chi connectivity index (χ1v) is 10.6. The fourth-order valence-electron chi connectivity index (χ4n) is 3.87. The van der Waals surface area contributed by atoms with Crippen LogP contribution in [0.5, 0.6) is 0 Å². The first-order chi connectivity index (χ1) is 15.3. The summed E-state index contributed by atoms with van der Waals surface area (Å²) in [5.74, 6) is 0.399. The number of anilines is 1. The molecule has 0 bridgehead atoms. The van der Waals surface area contributed by atoms with E-state index in [1.165, 1.54) is 10.7 Å². The summed E-state index contributed by atoms with van der Waals surface area (Å²) in [6.45, 7) is 7.71. The van der Waals surface area contributed by atoms with Gasteiger partial charge in [0.15, 0.2) is 11.6 Å². The number of benzene rings is 1. The molecule has 166 valence electrons. The van der Waals surface area contributed by atoms with Gasteiger partial charge in [-0.2, -0.15) is 5.10 Å². The summed E-state index contributed by atoms with van der Waals surface area (Å²) in [5.41, 5.74) is 3.14. The molecule has 0 radical (unpaired) electrons. The third-order valence-corrected chi connectivity index (χ3v) is 5.64. The minimum atomic E-state index is -0.326. The molecule has 1 aromatic carbocycles. The maximum Gasteiger partial charge on any atom is 0.267 e. The Morgan fingerprint density at radius 1 is 0.938 bits per heavy atom. The first-order valence-electron chi connectivity index (χ1n) is 10.6. The minimum Gasteiger partial charge on any atom is -0.368 e. The van der Waals surface area contributed by atoms with Crippen molar-refractivity contribution in [2.75, 3.05) is 31.1 Å². The number of ketones is 1. The third-order valence-electron chi connectivity index (χ3n) is 5.64. The molecule has 1 fully saturated rings. The Kier molecular flexibility index (Phi) is 5.89. The molecule has 0 atom stereocenters. The molecule has 0 unspecified atom stereocenters. The molecule has 1 amide bonds. The normalized spacial score (nSPS) is 14.0. The van der Waals surface area contributed by atoms with E-state index in [2.05, 4.69) is 15.1 Å². The van der Waals surface area contributed by atoms with Crippen molar-refractivity contribution in [2.45, 2.75) is 27.3 Å². The molecular weight excluding hydrogens is 408 g/mol. The molecule has 1 aliphatic rings. The van der Waals surface area contributed by atoms with Crippen molar-refractivity contribution in [3.05, 3.63) is 69.8 Å². The van der Waals surface area contributed by atoms with E-state index in [9.17, 15) is 14.4 Å². The average Bonchev–Trinajstić information content (AvgIpc) is 3.13. The first kappa shape index (κ1) is 21.5. The van der Waals surface area contributed by atoms with Crippen molar-refractivity contribution in [3.63, 3.8) is 0 Å². The third kappa shape index (κ3) is 4.46. The molecule has 0 saturated carbocycles. The van der Waals surface area contributed by atoms with E-state index in [1.54, 1.807) is 22.6 Å². The Hall–Kier alpha value is -3.75. The number of amides is 1. The monoisotopic (exact) mass is 434 g/mol.